The summed E-state index contributed by atoms with van der Waals surface area (Å²) < 4.78 is 26.9. The van der Waals surface area contributed by atoms with Crippen molar-refractivity contribution < 1.29 is 13.2 Å². The minimum absolute atomic E-state index is 0.0483. The summed E-state index contributed by atoms with van der Waals surface area (Å²) in [4.78, 5) is 12.5. The van der Waals surface area contributed by atoms with Gasteiger partial charge in [-0.05, 0) is 60.5 Å². The molecule has 0 unspecified atom stereocenters. The number of aryl methyl sites for hydroxylation is 1. The van der Waals surface area contributed by atoms with E-state index in [1.54, 1.807) is 42.5 Å². The fourth-order valence-corrected chi connectivity index (χ4v) is 4.51. The Balaban J connectivity index is 1.80. The molecular formula is C22H19BrCl2N2O3S. The molecule has 1 N–H and O–H groups in total. The van der Waals surface area contributed by atoms with Crippen molar-refractivity contribution in [2.75, 3.05) is 15.9 Å². The molecule has 3 aromatic rings. The minimum atomic E-state index is -3.62. The lowest BCUT2D eigenvalue weighted by Crippen LogP contribution is -2.29. The zero-order chi connectivity index (χ0) is 22.8. The van der Waals surface area contributed by atoms with Gasteiger partial charge in [0.25, 0.3) is 5.91 Å². The molecule has 9 heteroatoms. The number of rotatable bonds is 6. The SMILES string of the molecule is Cc1cc(NC(=O)c2ccc(CN(c3cccc(Cl)c3Cl)S(C)(=O)=O)cc2)ccc1Br. The third-order valence-corrected chi connectivity index (χ3v) is 7.38. The van der Waals surface area contributed by atoms with E-state index >= 15 is 0 Å². The molecule has 3 rings (SSSR count). The van der Waals surface area contributed by atoms with E-state index in [1.807, 2.05) is 25.1 Å². The summed E-state index contributed by atoms with van der Waals surface area (Å²) in [5.74, 6) is -0.258. The molecule has 0 atom stereocenters. The van der Waals surface area contributed by atoms with Crippen LogP contribution in [0.1, 0.15) is 21.5 Å². The Labute approximate surface area is 200 Å². The van der Waals surface area contributed by atoms with Crippen molar-refractivity contribution in [3.63, 3.8) is 0 Å². The van der Waals surface area contributed by atoms with Crippen LogP contribution in [0, 0.1) is 6.92 Å². The van der Waals surface area contributed by atoms with Gasteiger partial charge >= 0.3 is 0 Å². The van der Waals surface area contributed by atoms with Gasteiger partial charge in [0.15, 0.2) is 0 Å². The Morgan fingerprint density at radius 1 is 1.06 bits per heavy atom. The van der Waals surface area contributed by atoms with Crippen molar-refractivity contribution >= 4 is 66.4 Å². The first-order chi connectivity index (χ1) is 14.6. The molecule has 5 nitrogen and oxygen atoms in total. The van der Waals surface area contributed by atoms with Crippen molar-refractivity contribution in [3.05, 3.63) is 91.9 Å². The summed E-state index contributed by atoms with van der Waals surface area (Å²) in [6, 6.07) is 17.1. The third-order valence-electron chi connectivity index (χ3n) is 4.56. The smallest absolute Gasteiger partial charge is 0.255 e. The van der Waals surface area contributed by atoms with E-state index < -0.39 is 10.0 Å². The highest BCUT2D eigenvalue weighted by atomic mass is 79.9. The number of halogens is 3. The van der Waals surface area contributed by atoms with Gasteiger partial charge in [-0.25, -0.2) is 8.42 Å². The average molecular weight is 542 g/mol. The second-order valence-corrected chi connectivity index (χ2v) is 10.5. The topological polar surface area (TPSA) is 66.5 Å². The Hall–Kier alpha value is -2.06. The highest BCUT2D eigenvalue weighted by Crippen LogP contribution is 2.34. The molecule has 31 heavy (non-hydrogen) atoms. The molecule has 0 radical (unpaired) electrons. The van der Waals surface area contributed by atoms with Crippen LogP contribution in [-0.4, -0.2) is 20.6 Å². The second-order valence-electron chi connectivity index (χ2n) is 6.96. The van der Waals surface area contributed by atoms with Gasteiger partial charge in [-0.3, -0.25) is 9.10 Å². The first-order valence-electron chi connectivity index (χ1n) is 9.14. The van der Waals surface area contributed by atoms with Crippen LogP contribution < -0.4 is 9.62 Å². The second kappa shape index (κ2) is 9.61. The fourth-order valence-electron chi connectivity index (χ4n) is 2.92. The van der Waals surface area contributed by atoms with E-state index in [0.29, 0.717) is 22.5 Å². The third kappa shape index (κ3) is 5.80. The van der Waals surface area contributed by atoms with Gasteiger partial charge in [-0.2, -0.15) is 0 Å². The van der Waals surface area contributed by atoms with Crippen LogP contribution in [0.4, 0.5) is 11.4 Å². The quantitative estimate of drug-likeness (QED) is 0.399. The minimum Gasteiger partial charge on any atom is -0.322 e. The number of hydrogen-bond donors (Lipinski definition) is 1. The Morgan fingerprint density at radius 3 is 2.35 bits per heavy atom. The predicted octanol–water partition coefficient (Wildman–Crippen LogP) is 6.28. The molecule has 0 spiro atoms. The van der Waals surface area contributed by atoms with Crippen molar-refractivity contribution in [1.82, 2.24) is 0 Å². The number of carbonyl (C=O) groups excluding carboxylic acids is 1. The molecule has 0 saturated carbocycles. The van der Waals surface area contributed by atoms with E-state index in [4.69, 9.17) is 23.2 Å². The number of carbonyl (C=O) groups is 1. The van der Waals surface area contributed by atoms with E-state index in [1.165, 1.54) is 4.31 Å². The maximum absolute atomic E-state index is 12.5. The summed E-state index contributed by atoms with van der Waals surface area (Å²) in [6.07, 6.45) is 1.10. The number of amides is 1. The highest BCUT2D eigenvalue weighted by molar-refractivity contribution is 9.10. The molecule has 0 aliphatic carbocycles. The molecule has 162 valence electrons. The van der Waals surface area contributed by atoms with Crippen LogP contribution in [0.2, 0.25) is 10.0 Å². The number of benzene rings is 3. The first kappa shape index (κ1) is 23.6. The molecule has 0 saturated heterocycles. The van der Waals surface area contributed by atoms with Gasteiger partial charge in [0.2, 0.25) is 10.0 Å². The summed E-state index contributed by atoms with van der Waals surface area (Å²) in [7, 11) is -3.62. The molecular weight excluding hydrogens is 523 g/mol. The summed E-state index contributed by atoms with van der Waals surface area (Å²) in [5, 5.41) is 3.28. The van der Waals surface area contributed by atoms with E-state index in [-0.39, 0.29) is 22.5 Å². The standard InChI is InChI=1S/C22H19BrCl2N2O3S/c1-14-12-17(10-11-18(14)23)26-22(28)16-8-6-15(7-9-16)13-27(31(2,29)30)20-5-3-4-19(24)21(20)25/h3-12H,13H2,1-2H3,(H,26,28). The molecule has 0 aromatic heterocycles. The van der Waals surface area contributed by atoms with Crippen molar-refractivity contribution in [2.24, 2.45) is 0 Å². The lowest BCUT2D eigenvalue weighted by molar-refractivity contribution is 0.102. The summed E-state index contributed by atoms with van der Waals surface area (Å²) in [5.41, 5.74) is 3.14. The zero-order valence-corrected chi connectivity index (χ0v) is 20.6. The first-order valence-corrected chi connectivity index (χ1v) is 12.5. The van der Waals surface area contributed by atoms with Crippen LogP contribution in [0.15, 0.2) is 65.1 Å². The fraction of sp³-hybridized carbons (Fsp3) is 0.136. The predicted molar refractivity (Wildman–Crippen MR) is 131 cm³/mol. The van der Waals surface area contributed by atoms with Crippen LogP contribution in [0.25, 0.3) is 0 Å². The van der Waals surface area contributed by atoms with Gasteiger partial charge < -0.3 is 5.32 Å². The molecule has 0 fully saturated rings. The van der Waals surface area contributed by atoms with Crippen LogP contribution in [0.3, 0.4) is 0 Å². The number of nitrogens with one attached hydrogen (secondary N) is 1. The van der Waals surface area contributed by atoms with Gasteiger partial charge in [-0.1, -0.05) is 57.3 Å². The number of anilines is 2. The molecule has 0 aliphatic rings. The largest absolute Gasteiger partial charge is 0.322 e. The van der Waals surface area contributed by atoms with Gasteiger partial charge in [0.1, 0.15) is 0 Å². The number of nitrogens with zero attached hydrogens (tertiary/aromatic N) is 1. The van der Waals surface area contributed by atoms with Crippen molar-refractivity contribution in [2.45, 2.75) is 13.5 Å². The highest BCUT2D eigenvalue weighted by Gasteiger charge is 2.21. The molecule has 0 aliphatic heterocycles. The van der Waals surface area contributed by atoms with Crippen LogP contribution >= 0.6 is 39.1 Å². The maximum atomic E-state index is 12.5. The van der Waals surface area contributed by atoms with E-state index in [0.717, 1.165) is 16.3 Å². The van der Waals surface area contributed by atoms with Crippen molar-refractivity contribution in [3.8, 4) is 0 Å². The zero-order valence-electron chi connectivity index (χ0n) is 16.7. The Bertz CT molecular complexity index is 1230. The van der Waals surface area contributed by atoms with Crippen LogP contribution in [-0.2, 0) is 16.6 Å². The van der Waals surface area contributed by atoms with Crippen molar-refractivity contribution in [1.29, 1.82) is 0 Å². The average Bonchev–Trinajstić information content (AvgIpc) is 2.71. The number of sulfonamides is 1. The lowest BCUT2D eigenvalue weighted by atomic mass is 10.1. The molecule has 1 amide bonds. The lowest BCUT2D eigenvalue weighted by Gasteiger charge is -2.24. The number of hydrogen-bond acceptors (Lipinski definition) is 3. The molecule has 3 aromatic carbocycles. The maximum Gasteiger partial charge on any atom is 0.255 e. The van der Waals surface area contributed by atoms with Gasteiger partial charge in [0, 0.05) is 15.7 Å². The summed E-state index contributed by atoms with van der Waals surface area (Å²) >= 11 is 15.7. The summed E-state index contributed by atoms with van der Waals surface area (Å²) in [6.45, 7) is 1.99. The van der Waals surface area contributed by atoms with Gasteiger partial charge in [-0.15, -0.1) is 0 Å². The van der Waals surface area contributed by atoms with E-state index in [2.05, 4.69) is 21.2 Å². The Morgan fingerprint density at radius 2 is 1.74 bits per heavy atom. The van der Waals surface area contributed by atoms with Crippen LogP contribution in [0.5, 0.6) is 0 Å². The monoisotopic (exact) mass is 540 g/mol. The Kier molecular flexibility index (Phi) is 7.31. The molecule has 0 bridgehead atoms. The van der Waals surface area contributed by atoms with E-state index in [9.17, 15) is 13.2 Å². The normalized spacial score (nSPS) is 11.3. The molecule has 0 heterocycles. The van der Waals surface area contributed by atoms with Gasteiger partial charge in [0.05, 0.1) is 28.5 Å².